The zero-order valence-corrected chi connectivity index (χ0v) is 13.8. The Labute approximate surface area is 129 Å². The maximum Gasteiger partial charge on any atom is 0.228 e. The van der Waals surface area contributed by atoms with Gasteiger partial charge in [0.25, 0.3) is 0 Å². The third-order valence-corrected chi connectivity index (χ3v) is 6.00. The summed E-state index contributed by atoms with van der Waals surface area (Å²) in [7, 11) is 0. The van der Waals surface area contributed by atoms with Crippen LogP contribution in [0.2, 0.25) is 0 Å². The van der Waals surface area contributed by atoms with Crippen molar-refractivity contribution < 1.29 is 4.79 Å². The van der Waals surface area contributed by atoms with Crippen LogP contribution in [0, 0.1) is 29.1 Å². The van der Waals surface area contributed by atoms with Gasteiger partial charge in [-0.05, 0) is 75.2 Å². The second kappa shape index (κ2) is 5.91. The molecule has 2 N–H and O–H groups in total. The molecular weight excluding hydrogens is 260 g/mol. The van der Waals surface area contributed by atoms with Crippen LogP contribution in [0.3, 0.4) is 0 Å². The van der Waals surface area contributed by atoms with Gasteiger partial charge in [0.15, 0.2) is 0 Å². The van der Waals surface area contributed by atoms with Crippen molar-refractivity contribution in [3.8, 4) is 0 Å². The Morgan fingerprint density at radius 2 is 1.67 bits per heavy atom. The Balaban J connectivity index is 1.75. The van der Waals surface area contributed by atoms with E-state index >= 15 is 0 Å². The second-order valence-corrected chi connectivity index (χ2v) is 8.49. The van der Waals surface area contributed by atoms with Crippen molar-refractivity contribution in [2.24, 2.45) is 34.8 Å². The number of hydrogen-bond acceptors (Lipinski definition) is 2. The lowest BCUT2D eigenvalue weighted by Gasteiger charge is -2.56. The molecule has 4 bridgehead atoms. The molecule has 4 saturated carbocycles. The van der Waals surface area contributed by atoms with E-state index in [0.29, 0.717) is 18.4 Å². The van der Waals surface area contributed by atoms with Gasteiger partial charge in [-0.25, -0.2) is 0 Å². The van der Waals surface area contributed by atoms with E-state index in [0.717, 1.165) is 37.3 Å². The summed E-state index contributed by atoms with van der Waals surface area (Å²) in [6, 6.07) is 0. The van der Waals surface area contributed by atoms with Gasteiger partial charge in [0.1, 0.15) is 0 Å². The van der Waals surface area contributed by atoms with Crippen LogP contribution in [0.1, 0.15) is 58.8 Å². The van der Waals surface area contributed by atoms with Gasteiger partial charge >= 0.3 is 0 Å². The summed E-state index contributed by atoms with van der Waals surface area (Å²) < 4.78 is 0. The lowest BCUT2D eigenvalue weighted by Crippen LogP contribution is -2.55. The number of rotatable bonds is 6. The Morgan fingerprint density at radius 3 is 2.10 bits per heavy atom. The molecule has 3 heteroatoms. The first-order valence-corrected chi connectivity index (χ1v) is 9.02. The van der Waals surface area contributed by atoms with Crippen molar-refractivity contribution >= 4 is 5.91 Å². The Morgan fingerprint density at radius 1 is 1.14 bits per heavy atom. The van der Waals surface area contributed by atoms with Crippen molar-refractivity contribution in [3.05, 3.63) is 0 Å². The number of hydrogen-bond donors (Lipinski definition) is 1. The minimum Gasteiger partial charge on any atom is -0.342 e. The van der Waals surface area contributed by atoms with Gasteiger partial charge in [0, 0.05) is 13.1 Å². The quantitative estimate of drug-likeness (QED) is 0.818. The van der Waals surface area contributed by atoms with Crippen LogP contribution in [0.4, 0.5) is 0 Å². The van der Waals surface area contributed by atoms with Crippen LogP contribution in [-0.2, 0) is 4.79 Å². The molecule has 0 saturated heterocycles. The van der Waals surface area contributed by atoms with Gasteiger partial charge in [-0.15, -0.1) is 0 Å². The number of carbonyl (C=O) groups is 1. The Bertz CT molecular complexity index is 355. The summed E-state index contributed by atoms with van der Waals surface area (Å²) >= 11 is 0. The minimum atomic E-state index is 0.0121. The van der Waals surface area contributed by atoms with E-state index in [9.17, 15) is 4.79 Å². The molecule has 0 aromatic carbocycles. The lowest BCUT2D eigenvalue weighted by molar-refractivity contribution is -0.158. The van der Waals surface area contributed by atoms with E-state index in [1.807, 2.05) is 0 Å². The SMILES string of the molecule is CC(C)CN(CCCN)C(=O)C12CC3CC(CC(C3)C1)C2. The number of carbonyl (C=O) groups excluding carboxylic acids is 1. The molecule has 0 heterocycles. The summed E-state index contributed by atoms with van der Waals surface area (Å²) in [6.07, 6.45) is 8.67. The third kappa shape index (κ3) is 2.99. The highest BCUT2D eigenvalue weighted by atomic mass is 16.2. The standard InChI is InChI=1S/C18H32N2O/c1-13(2)12-20(5-3-4-19)17(21)18-9-14-6-15(10-18)8-16(7-14)11-18/h13-16H,3-12,19H2,1-2H3. The van der Waals surface area contributed by atoms with Gasteiger partial charge in [0.2, 0.25) is 5.91 Å². The number of nitrogens with zero attached hydrogens (tertiary/aromatic N) is 1. The van der Waals surface area contributed by atoms with E-state index in [4.69, 9.17) is 5.73 Å². The molecule has 0 atom stereocenters. The predicted octanol–water partition coefficient (Wildman–Crippen LogP) is 3.04. The Hall–Kier alpha value is -0.570. The van der Waals surface area contributed by atoms with E-state index < -0.39 is 0 Å². The second-order valence-electron chi connectivity index (χ2n) is 8.49. The molecule has 0 radical (unpaired) electrons. The molecule has 0 aromatic heterocycles. The van der Waals surface area contributed by atoms with Crippen molar-refractivity contribution in [3.63, 3.8) is 0 Å². The molecule has 4 aliphatic carbocycles. The van der Waals surface area contributed by atoms with E-state index in [1.165, 1.54) is 38.5 Å². The Kier molecular flexibility index (Phi) is 4.31. The van der Waals surface area contributed by atoms with Crippen molar-refractivity contribution in [2.75, 3.05) is 19.6 Å². The summed E-state index contributed by atoms with van der Waals surface area (Å²) in [5, 5.41) is 0. The molecule has 3 nitrogen and oxygen atoms in total. The first kappa shape index (κ1) is 15.3. The first-order chi connectivity index (χ1) is 10.0. The van der Waals surface area contributed by atoms with Crippen LogP contribution in [0.15, 0.2) is 0 Å². The summed E-state index contributed by atoms with van der Waals surface area (Å²) in [5.74, 6) is 3.55. The van der Waals surface area contributed by atoms with Crippen LogP contribution in [0.25, 0.3) is 0 Å². The smallest absolute Gasteiger partial charge is 0.228 e. The summed E-state index contributed by atoms with van der Waals surface area (Å²) in [5.41, 5.74) is 5.69. The molecule has 4 aliphatic rings. The fourth-order valence-electron chi connectivity index (χ4n) is 5.71. The van der Waals surface area contributed by atoms with E-state index in [2.05, 4.69) is 18.7 Å². The third-order valence-electron chi connectivity index (χ3n) is 6.00. The molecule has 21 heavy (non-hydrogen) atoms. The highest BCUT2D eigenvalue weighted by molar-refractivity contribution is 5.83. The zero-order chi connectivity index (χ0) is 15.0. The van der Waals surface area contributed by atoms with Gasteiger partial charge in [0.05, 0.1) is 5.41 Å². The molecule has 1 amide bonds. The van der Waals surface area contributed by atoms with Crippen molar-refractivity contribution in [1.29, 1.82) is 0 Å². The fourth-order valence-corrected chi connectivity index (χ4v) is 5.71. The van der Waals surface area contributed by atoms with Crippen LogP contribution in [-0.4, -0.2) is 30.4 Å². The van der Waals surface area contributed by atoms with Crippen LogP contribution >= 0.6 is 0 Å². The van der Waals surface area contributed by atoms with Crippen LogP contribution in [0.5, 0.6) is 0 Å². The zero-order valence-electron chi connectivity index (χ0n) is 13.8. The molecule has 0 unspecified atom stereocenters. The first-order valence-electron chi connectivity index (χ1n) is 9.02. The molecule has 0 aromatic rings. The fraction of sp³-hybridized carbons (Fsp3) is 0.944. The molecular formula is C18H32N2O. The predicted molar refractivity (Wildman–Crippen MR) is 85.7 cm³/mol. The molecule has 0 aliphatic heterocycles. The monoisotopic (exact) mass is 292 g/mol. The summed E-state index contributed by atoms with van der Waals surface area (Å²) in [4.78, 5) is 15.5. The molecule has 0 spiro atoms. The molecule has 120 valence electrons. The van der Waals surface area contributed by atoms with Gasteiger partial charge in [-0.2, -0.15) is 0 Å². The van der Waals surface area contributed by atoms with Crippen molar-refractivity contribution in [1.82, 2.24) is 4.90 Å². The van der Waals surface area contributed by atoms with Gasteiger partial charge < -0.3 is 10.6 Å². The topological polar surface area (TPSA) is 46.3 Å². The number of amides is 1. The van der Waals surface area contributed by atoms with E-state index in [1.54, 1.807) is 0 Å². The maximum absolute atomic E-state index is 13.3. The van der Waals surface area contributed by atoms with Gasteiger partial charge in [-0.1, -0.05) is 13.8 Å². The average Bonchev–Trinajstić information content (AvgIpc) is 2.40. The molecule has 4 fully saturated rings. The minimum absolute atomic E-state index is 0.0121. The number of nitrogens with two attached hydrogens (primary N) is 1. The highest BCUT2D eigenvalue weighted by Crippen LogP contribution is 2.60. The summed E-state index contributed by atoms with van der Waals surface area (Å²) in [6.45, 7) is 6.86. The van der Waals surface area contributed by atoms with Crippen molar-refractivity contribution in [2.45, 2.75) is 58.8 Å². The average molecular weight is 292 g/mol. The lowest BCUT2D eigenvalue weighted by atomic mass is 9.49. The van der Waals surface area contributed by atoms with Crippen LogP contribution < -0.4 is 5.73 Å². The largest absolute Gasteiger partial charge is 0.342 e. The normalized spacial score (nSPS) is 37.2. The maximum atomic E-state index is 13.3. The van der Waals surface area contributed by atoms with E-state index in [-0.39, 0.29) is 5.41 Å². The van der Waals surface area contributed by atoms with Gasteiger partial charge in [-0.3, -0.25) is 4.79 Å². The highest BCUT2D eigenvalue weighted by Gasteiger charge is 2.55. The molecule has 4 rings (SSSR count).